The minimum atomic E-state index is -1.01. The van der Waals surface area contributed by atoms with Gasteiger partial charge in [0.1, 0.15) is 12.6 Å². The third-order valence-corrected chi connectivity index (χ3v) is 7.90. The molecule has 0 aromatic heterocycles. The van der Waals surface area contributed by atoms with Crippen LogP contribution < -0.4 is 10.6 Å². The van der Waals surface area contributed by atoms with Crippen LogP contribution in [0.5, 0.6) is 0 Å². The molecule has 0 saturated heterocycles. The zero-order valence-electron chi connectivity index (χ0n) is 19.8. The zero-order chi connectivity index (χ0) is 24.4. The number of ether oxygens (including phenoxy) is 1. The highest BCUT2D eigenvalue weighted by atomic mass is 16.5. The topological polar surface area (TPSA) is 105 Å². The Labute approximate surface area is 205 Å². The van der Waals surface area contributed by atoms with Crippen molar-refractivity contribution >= 4 is 18.0 Å². The van der Waals surface area contributed by atoms with Gasteiger partial charge in [0.15, 0.2) is 0 Å². The zero-order valence-corrected chi connectivity index (χ0v) is 19.8. The first-order valence-corrected chi connectivity index (χ1v) is 12.6. The fraction of sp³-hybridized carbons (Fsp3) is 0.464. The van der Waals surface area contributed by atoms with Crippen molar-refractivity contribution < 1.29 is 24.2 Å². The summed E-state index contributed by atoms with van der Waals surface area (Å²) in [5, 5.41) is 15.0. The van der Waals surface area contributed by atoms with Gasteiger partial charge in [0.25, 0.3) is 0 Å². The standard InChI is InChI=1S/C28H32N2O5/c31-25(32)14-13-24(26(33)30-28(15-16-28)18-7-1-2-8-18)29-27(34)35-17-23-21-11-5-3-9-19(21)20-10-4-6-12-22(20)23/h3-6,9-12,18,23-24H,1-2,7-8,13-17H2,(H,29,34)(H,30,33)(H,31,32). The summed E-state index contributed by atoms with van der Waals surface area (Å²) in [4.78, 5) is 37.1. The molecule has 2 amide bonds. The molecular formula is C28H32N2O5. The molecule has 7 heteroatoms. The number of nitrogens with one attached hydrogen (secondary N) is 2. The molecule has 2 aromatic rings. The fourth-order valence-electron chi connectivity index (χ4n) is 5.90. The minimum absolute atomic E-state index is 0.0199. The van der Waals surface area contributed by atoms with Crippen molar-refractivity contribution in [2.75, 3.05) is 6.61 Å². The van der Waals surface area contributed by atoms with Crippen LogP contribution in [0.1, 0.15) is 68.4 Å². The van der Waals surface area contributed by atoms with Crippen molar-refractivity contribution in [2.45, 2.75) is 68.9 Å². The molecule has 1 atom stereocenters. The summed E-state index contributed by atoms with van der Waals surface area (Å²) >= 11 is 0. The summed E-state index contributed by atoms with van der Waals surface area (Å²) in [6.07, 6.45) is 5.58. The van der Waals surface area contributed by atoms with Crippen molar-refractivity contribution in [3.05, 3.63) is 59.7 Å². The molecule has 2 fully saturated rings. The lowest BCUT2D eigenvalue weighted by molar-refractivity contribution is -0.137. The van der Waals surface area contributed by atoms with Crippen LogP contribution in [0.2, 0.25) is 0 Å². The van der Waals surface area contributed by atoms with Crippen molar-refractivity contribution in [1.82, 2.24) is 10.6 Å². The van der Waals surface area contributed by atoms with Gasteiger partial charge in [0.05, 0.1) is 0 Å². The number of hydrogen-bond acceptors (Lipinski definition) is 4. The third kappa shape index (κ3) is 4.90. The van der Waals surface area contributed by atoms with Crippen LogP contribution in [0.3, 0.4) is 0 Å². The number of hydrogen-bond donors (Lipinski definition) is 3. The molecule has 0 aliphatic heterocycles. The highest BCUT2D eigenvalue weighted by Crippen LogP contribution is 2.49. The highest BCUT2D eigenvalue weighted by molar-refractivity contribution is 5.87. The number of carbonyl (C=O) groups excluding carboxylic acids is 2. The summed E-state index contributed by atoms with van der Waals surface area (Å²) in [6, 6.07) is 15.2. The van der Waals surface area contributed by atoms with E-state index in [1.165, 1.54) is 12.8 Å². The average Bonchev–Trinajstić information content (AvgIpc) is 3.29. The van der Waals surface area contributed by atoms with Crippen molar-refractivity contribution in [1.29, 1.82) is 0 Å². The van der Waals surface area contributed by atoms with E-state index in [4.69, 9.17) is 9.84 Å². The van der Waals surface area contributed by atoms with Gasteiger partial charge in [-0.1, -0.05) is 61.4 Å². The smallest absolute Gasteiger partial charge is 0.407 e. The van der Waals surface area contributed by atoms with Gasteiger partial charge in [0, 0.05) is 17.9 Å². The molecule has 7 nitrogen and oxygen atoms in total. The maximum atomic E-state index is 13.1. The second-order valence-corrected chi connectivity index (χ2v) is 10.1. The van der Waals surface area contributed by atoms with E-state index in [0.29, 0.717) is 5.92 Å². The first kappa shape index (κ1) is 23.4. The number of rotatable bonds is 9. The van der Waals surface area contributed by atoms with Gasteiger partial charge in [-0.25, -0.2) is 4.79 Å². The van der Waals surface area contributed by atoms with Crippen LogP contribution in [0.15, 0.2) is 48.5 Å². The number of aliphatic carboxylic acids is 1. The quantitative estimate of drug-likeness (QED) is 0.491. The van der Waals surface area contributed by atoms with E-state index >= 15 is 0 Å². The van der Waals surface area contributed by atoms with Crippen LogP contribution in [0.25, 0.3) is 11.1 Å². The number of carboxylic acids is 1. The van der Waals surface area contributed by atoms with Crippen LogP contribution in [-0.2, 0) is 14.3 Å². The average molecular weight is 477 g/mol. The Balaban J connectivity index is 1.23. The van der Waals surface area contributed by atoms with Gasteiger partial charge in [-0.15, -0.1) is 0 Å². The third-order valence-electron chi connectivity index (χ3n) is 7.90. The molecule has 2 aromatic carbocycles. The Morgan fingerprint density at radius 3 is 2.14 bits per heavy atom. The molecule has 35 heavy (non-hydrogen) atoms. The SMILES string of the molecule is O=C(O)CCC(NC(=O)OCC1c2ccccc2-c2ccccc21)C(=O)NC1(C2CCCC2)CC1. The van der Waals surface area contributed by atoms with Gasteiger partial charge in [0.2, 0.25) is 5.91 Å². The Kier molecular flexibility index (Phi) is 6.50. The van der Waals surface area contributed by atoms with Crippen LogP contribution in [0.4, 0.5) is 4.79 Å². The molecule has 2 saturated carbocycles. The number of carbonyl (C=O) groups is 3. The number of alkyl carbamates (subject to hydrolysis) is 1. The second kappa shape index (κ2) is 9.72. The van der Waals surface area contributed by atoms with E-state index < -0.39 is 18.1 Å². The Hall–Kier alpha value is -3.35. The highest BCUT2D eigenvalue weighted by Gasteiger charge is 2.51. The Morgan fingerprint density at radius 2 is 1.57 bits per heavy atom. The summed E-state index contributed by atoms with van der Waals surface area (Å²) in [5.74, 6) is -0.934. The monoisotopic (exact) mass is 476 g/mol. The van der Waals surface area contributed by atoms with Gasteiger partial charge >= 0.3 is 12.1 Å². The van der Waals surface area contributed by atoms with Crippen molar-refractivity contribution in [3.8, 4) is 11.1 Å². The van der Waals surface area contributed by atoms with E-state index in [-0.39, 0.29) is 36.8 Å². The molecule has 0 radical (unpaired) electrons. The van der Waals surface area contributed by atoms with Gasteiger partial charge in [-0.2, -0.15) is 0 Å². The molecule has 184 valence electrons. The summed E-state index contributed by atoms with van der Waals surface area (Å²) in [7, 11) is 0. The van der Waals surface area contributed by atoms with Crippen LogP contribution in [-0.4, -0.2) is 41.3 Å². The lowest BCUT2D eigenvalue weighted by atomic mass is 9.95. The lowest BCUT2D eigenvalue weighted by Gasteiger charge is -2.27. The maximum Gasteiger partial charge on any atom is 0.407 e. The van der Waals surface area contributed by atoms with E-state index in [9.17, 15) is 14.4 Å². The second-order valence-electron chi connectivity index (χ2n) is 10.1. The first-order valence-electron chi connectivity index (χ1n) is 12.6. The summed E-state index contributed by atoms with van der Waals surface area (Å²) in [6.45, 7) is 0.138. The molecule has 3 aliphatic rings. The minimum Gasteiger partial charge on any atom is -0.481 e. The van der Waals surface area contributed by atoms with Crippen molar-refractivity contribution in [3.63, 3.8) is 0 Å². The van der Waals surface area contributed by atoms with E-state index in [1.54, 1.807) is 0 Å². The number of benzene rings is 2. The van der Waals surface area contributed by atoms with E-state index in [2.05, 4.69) is 22.8 Å². The molecule has 3 aliphatic carbocycles. The maximum absolute atomic E-state index is 13.1. The Bertz CT molecular complexity index is 1070. The molecule has 0 spiro atoms. The van der Waals surface area contributed by atoms with Crippen LogP contribution in [0, 0.1) is 5.92 Å². The molecule has 1 unspecified atom stereocenters. The lowest BCUT2D eigenvalue weighted by Crippen LogP contribution is -2.52. The fourth-order valence-corrected chi connectivity index (χ4v) is 5.90. The molecule has 3 N–H and O–H groups in total. The molecule has 0 bridgehead atoms. The van der Waals surface area contributed by atoms with E-state index in [1.807, 2.05) is 36.4 Å². The Morgan fingerprint density at radius 1 is 0.971 bits per heavy atom. The van der Waals surface area contributed by atoms with E-state index in [0.717, 1.165) is 47.9 Å². The molecular weight excluding hydrogens is 444 g/mol. The van der Waals surface area contributed by atoms with Gasteiger partial charge in [-0.05, 0) is 60.3 Å². The number of carboxylic acid groups (broad SMARTS) is 1. The summed E-state index contributed by atoms with van der Waals surface area (Å²) < 4.78 is 5.60. The van der Waals surface area contributed by atoms with Gasteiger partial charge in [-0.3, -0.25) is 9.59 Å². The predicted molar refractivity (Wildman–Crippen MR) is 131 cm³/mol. The largest absolute Gasteiger partial charge is 0.481 e. The predicted octanol–water partition coefficient (Wildman–Crippen LogP) is 4.60. The molecule has 0 heterocycles. The number of amides is 2. The van der Waals surface area contributed by atoms with Crippen molar-refractivity contribution in [2.24, 2.45) is 5.92 Å². The molecule has 5 rings (SSSR count). The van der Waals surface area contributed by atoms with Gasteiger partial charge < -0.3 is 20.5 Å². The van der Waals surface area contributed by atoms with Crippen LogP contribution >= 0.6 is 0 Å². The number of fused-ring (bicyclic) bond motifs is 3. The normalized spacial score (nSPS) is 18.9. The summed E-state index contributed by atoms with van der Waals surface area (Å²) in [5.41, 5.74) is 4.30. The first-order chi connectivity index (χ1) is 17.0.